The van der Waals surface area contributed by atoms with Crippen LogP contribution in [0.3, 0.4) is 0 Å². The number of hydrogen-bond donors (Lipinski definition) is 0. The van der Waals surface area contributed by atoms with Gasteiger partial charge in [0.25, 0.3) is 0 Å². The molecule has 0 radical (unpaired) electrons. The van der Waals surface area contributed by atoms with E-state index in [2.05, 4.69) is 90.3 Å². The van der Waals surface area contributed by atoms with Crippen molar-refractivity contribution in [2.75, 3.05) is 28.2 Å². The van der Waals surface area contributed by atoms with E-state index in [1.807, 2.05) is 0 Å². The van der Waals surface area contributed by atoms with Gasteiger partial charge in [0.2, 0.25) is 11.4 Å². The smallest absolute Gasteiger partial charge is 0.668 e. The van der Waals surface area contributed by atoms with Crippen LogP contribution in [0.2, 0.25) is 0 Å². The summed E-state index contributed by atoms with van der Waals surface area (Å²) in [6, 6.07) is 10.3. The third kappa shape index (κ3) is 25.9. The molecule has 0 amide bonds. The van der Waals surface area contributed by atoms with Crippen molar-refractivity contribution in [3.05, 3.63) is 96.1 Å². The number of hydrogen-bond acceptors (Lipinski definition) is 0. The van der Waals surface area contributed by atoms with E-state index in [4.69, 9.17) is 0 Å². The van der Waals surface area contributed by atoms with Gasteiger partial charge in [-0.1, -0.05) is 184 Å². The van der Waals surface area contributed by atoms with Gasteiger partial charge in [0.1, 0.15) is 0 Å². The van der Waals surface area contributed by atoms with Gasteiger partial charge in [-0.05, 0) is 160 Å². The molecule has 0 aliphatic carbocycles. The zero-order valence-corrected chi connectivity index (χ0v) is 48.9. The molecular weight excluding hydrogens is 883 g/mol. The van der Waals surface area contributed by atoms with Crippen LogP contribution in [-0.4, -0.2) is 32.9 Å². The molecule has 0 bridgehead atoms. The van der Waals surface area contributed by atoms with E-state index in [1.165, 1.54) is 189 Å². The van der Waals surface area contributed by atoms with Crippen LogP contribution in [0.4, 0.5) is 0 Å². The second-order valence-electron chi connectivity index (χ2n) is 20.5. The van der Waals surface area contributed by atoms with Gasteiger partial charge in [-0.15, -0.1) is 0 Å². The molecule has 0 spiro atoms. The summed E-state index contributed by atoms with van der Waals surface area (Å²) in [6.45, 7) is 18.7. The summed E-state index contributed by atoms with van der Waals surface area (Å²) < 4.78 is 1.75. The number of aryl methyl sites for hydroxylation is 4. The van der Waals surface area contributed by atoms with Crippen molar-refractivity contribution in [2.24, 2.45) is 0 Å². The van der Waals surface area contributed by atoms with Crippen LogP contribution in [0.5, 0.6) is 0 Å². The molecule has 0 saturated carbocycles. The Hall–Kier alpha value is -2.07. The summed E-state index contributed by atoms with van der Waals surface area (Å²) in [5.41, 5.74) is 30.3. The van der Waals surface area contributed by atoms with E-state index >= 15 is 0 Å². The predicted molar refractivity (Wildman–Crippen MR) is 307 cm³/mol. The second-order valence-corrected chi connectivity index (χ2v) is 20.5. The average molecular weight is 996 g/mol. The molecule has 0 fully saturated rings. The van der Waals surface area contributed by atoms with E-state index < -0.39 is 0 Å². The molecule has 69 heavy (non-hydrogen) atoms. The molecule has 0 N–H and O–H groups in total. The van der Waals surface area contributed by atoms with Crippen molar-refractivity contribution in [2.45, 2.75) is 287 Å². The molecule has 5 heteroatoms. The Labute approximate surface area is 441 Å². The van der Waals surface area contributed by atoms with E-state index in [0.29, 0.717) is 0 Å². The van der Waals surface area contributed by atoms with Crippen molar-refractivity contribution < 1.29 is 21.2 Å². The van der Waals surface area contributed by atoms with Crippen molar-refractivity contribution in [1.29, 1.82) is 0 Å². The number of benzene rings is 2. The van der Waals surface area contributed by atoms with Crippen LogP contribution in [-0.2, 0) is 55.0 Å². The summed E-state index contributed by atoms with van der Waals surface area (Å²) in [5.74, 6) is 0. The maximum Gasteiger partial charge on any atom is 2.00 e. The fourth-order valence-electron chi connectivity index (χ4n) is 10.3. The first kappa shape index (κ1) is 66.9. The molecule has 0 unspecified atom stereocenters. The molecule has 0 aromatic heterocycles. The minimum absolute atomic E-state index is 0. The van der Waals surface area contributed by atoms with Crippen molar-refractivity contribution in [3.8, 4) is 0 Å². The molecule has 2 aromatic rings. The Morgan fingerprint density at radius 3 is 0.797 bits per heavy atom. The zero-order chi connectivity index (χ0) is 50.2. The predicted octanol–water partition coefficient (Wildman–Crippen LogP) is 21.2. The van der Waals surface area contributed by atoms with E-state index in [-0.39, 0.29) is 16.5 Å². The first-order chi connectivity index (χ1) is 33.3. The van der Waals surface area contributed by atoms with Crippen molar-refractivity contribution in [1.82, 2.24) is 0 Å². The largest absolute Gasteiger partial charge is 2.00 e. The Morgan fingerprint density at radius 2 is 0.536 bits per heavy atom. The topological polar surface area (TPSA) is 53.5 Å². The third-order valence-corrected chi connectivity index (χ3v) is 14.1. The second kappa shape index (κ2) is 44.6. The molecule has 3 rings (SSSR count). The minimum atomic E-state index is 0. The molecular formula is C64H112N4Ni. The maximum absolute atomic E-state index is 13.1. The van der Waals surface area contributed by atoms with E-state index in [0.717, 1.165) is 75.6 Å². The van der Waals surface area contributed by atoms with Gasteiger partial charge in [0.15, 0.2) is 0 Å². The SMILES string of the molecule is CCCCCCCCc1c(CCCCC)cc(C2=C(CCCC)C(CCCC)=C(c3cc(CCCCC)c(CCCCCCCC)c(CCCCC)c3)[N+]2=[N-])cc1CCCCC.C[N-]C.C[N-]C.[Ni+2]. The monoisotopic (exact) mass is 995 g/mol. The van der Waals surface area contributed by atoms with Gasteiger partial charge in [-0.3, -0.25) is 0 Å². The van der Waals surface area contributed by atoms with Crippen LogP contribution in [0, 0.1) is 0 Å². The van der Waals surface area contributed by atoms with Gasteiger partial charge >= 0.3 is 16.5 Å². The number of allylic oxidation sites excluding steroid dienone is 2. The van der Waals surface area contributed by atoms with Gasteiger partial charge < -0.3 is 16.2 Å². The van der Waals surface area contributed by atoms with Crippen molar-refractivity contribution in [3.63, 3.8) is 0 Å². The molecule has 1 aliphatic heterocycles. The molecule has 4 nitrogen and oxygen atoms in total. The molecule has 398 valence electrons. The van der Waals surface area contributed by atoms with Crippen LogP contribution in [0.1, 0.15) is 293 Å². The fraction of sp³-hybridized carbons (Fsp3) is 0.750. The molecule has 0 atom stereocenters. The maximum atomic E-state index is 13.1. The van der Waals surface area contributed by atoms with Gasteiger partial charge in [-0.2, -0.15) is 28.2 Å². The normalized spacial score (nSPS) is 12.3. The molecule has 1 heterocycles. The fourth-order valence-corrected chi connectivity index (χ4v) is 10.3. The third-order valence-electron chi connectivity index (χ3n) is 14.1. The number of unbranched alkanes of at least 4 members (excludes halogenated alkanes) is 20. The summed E-state index contributed by atoms with van der Waals surface area (Å²) in [4.78, 5) is 0. The Balaban J connectivity index is 0.00000626. The van der Waals surface area contributed by atoms with Crippen molar-refractivity contribution >= 4 is 11.4 Å². The summed E-state index contributed by atoms with van der Waals surface area (Å²) in [6.07, 6.45) is 45.0. The summed E-state index contributed by atoms with van der Waals surface area (Å²) in [5, 5.41) is 7.00. The van der Waals surface area contributed by atoms with Gasteiger partial charge in [0, 0.05) is 22.3 Å². The van der Waals surface area contributed by atoms with Crippen LogP contribution in [0.25, 0.3) is 27.6 Å². The minimum Gasteiger partial charge on any atom is -0.668 e. The Morgan fingerprint density at radius 1 is 0.319 bits per heavy atom. The Kier molecular flexibility index (Phi) is 43.3. The average Bonchev–Trinajstić information content (AvgIpc) is 3.61. The Bertz CT molecular complexity index is 1470. The van der Waals surface area contributed by atoms with E-state index in [9.17, 15) is 5.53 Å². The standard InChI is InChI=1S/C60H100N2.2C2H6N.Ni/c1-9-17-25-27-29-35-43-55-49(37-31-19-11-3)45-53(46-50(55)38-32-20-12-4)59-57(41-23-15-7)58(42-24-16-8)60(62(59)61)54-47-51(39-33-21-13-5)56(44-36-30-28-26-18-10-2)52(48-54)40-34-22-14-6;2*1-3-2;/h45-48H,9-44H2,1-8H3;2*1-2H3;/q;2*-1;+2. The quantitative estimate of drug-likeness (QED) is 0.0366. The van der Waals surface area contributed by atoms with Gasteiger partial charge in [-0.25, -0.2) is 4.70 Å². The number of rotatable bonds is 38. The summed E-state index contributed by atoms with van der Waals surface area (Å²) >= 11 is 0. The van der Waals surface area contributed by atoms with Crippen LogP contribution in [0.15, 0.2) is 35.4 Å². The molecule has 0 saturated heterocycles. The molecule has 1 aliphatic rings. The van der Waals surface area contributed by atoms with Crippen LogP contribution >= 0.6 is 0 Å². The first-order valence-corrected chi connectivity index (χ1v) is 29.5. The van der Waals surface area contributed by atoms with Crippen LogP contribution < -0.4 is 0 Å². The van der Waals surface area contributed by atoms with Gasteiger partial charge in [0.05, 0.1) is 0 Å². The number of nitrogens with zero attached hydrogens (tertiary/aromatic N) is 4. The zero-order valence-electron chi connectivity index (χ0n) is 47.9. The summed E-state index contributed by atoms with van der Waals surface area (Å²) in [7, 11) is 7.00. The first-order valence-electron chi connectivity index (χ1n) is 29.5. The van der Waals surface area contributed by atoms with E-state index in [1.54, 1.807) is 66.3 Å². The molecule has 2 aromatic carbocycles.